The minimum absolute atomic E-state index is 0.110. The van der Waals surface area contributed by atoms with Crippen LogP contribution in [-0.2, 0) is 14.1 Å². The number of hydrogen-bond donors (Lipinski definition) is 1. The molecule has 0 spiro atoms. The van der Waals surface area contributed by atoms with Crippen LogP contribution in [0.15, 0.2) is 39.5 Å². The van der Waals surface area contributed by atoms with E-state index >= 15 is 0 Å². The summed E-state index contributed by atoms with van der Waals surface area (Å²) < 4.78 is 14.2. The molecule has 7 nitrogen and oxygen atoms in total. The Balaban J connectivity index is 1.80. The number of nitrogens with zero attached hydrogens (tertiary/aromatic N) is 2. The van der Waals surface area contributed by atoms with Crippen LogP contribution in [0.25, 0.3) is 22.0 Å². The monoisotopic (exact) mass is 379 g/mol. The van der Waals surface area contributed by atoms with Gasteiger partial charge in [0.25, 0.3) is 5.91 Å². The number of anilines is 1. The number of aromatic nitrogens is 2. The van der Waals surface area contributed by atoms with Gasteiger partial charge in [-0.1, -0.05) is 0 Å². The molecule has 1 amide bonds. The molecule has 0 fully saturated rings. The molecule has 7 heteroatoms. The molecule has 0 unspecified atom stereocenters. The van der Waals surface area contributed by atoms with E-state index in [1.54, 1.807) is 55.5 Å². The van der Waals surface area contributed by atoms with Gasteiger partial charge in [0.05, 0.1) is 23.7 Å². The zero-order valence-electron chi connectivity index (χ0n) is 16.4. The fraction of sp³-hybridized carbons (Fsp3) is 0.238. The maximum absolute atomic E-state index is 13.1. The number of furan rings is 1. The molecule has 2 aromatic carbocycles. The average Bonchev–Trinajstić information content (AvgIpc) is 3.11. The average molecular weight is 379 g/mol. The lowest BCUT2D eigenvalue weighted by Crippen LogP contribution is -2.19. The SMILES string of the molecule is COc1ccc2oc(C)c(C(=O)Nc3cc4c(cc3C)n(C)c(=O)n4C)c2c1. The van der Waals surface area contributed by atoms with E-state index in [4.69, 9.17) is 9.15 Å². The number of nitrogens with one attached hydrogen (secondary N) is 1. The van der Waals surface area contributed by atoms with Crippen molar-refractivity contribution < 1.29 is 13.9 Å². The van der Waals surface area contributed by atoms with E-state index in [0.717, 1.165) is 16.6 Å². The molecule has 0 radical (unpaired) electrons. The van der Waals surface area contributed by atoms with Crippen molar-refractivity contribution >= 4 is 33.6 Å². The van der Waals surface area contributed by atoms with Gasteiger partial charge in [-0.25, -0.2) is 4.79 Å². The standard InChI is InChI=1S/C21H21N3O4/c1-11-8-16-17(24(4)21(26)23(16)3)10-15(11)22-20(25)19-12(2)28-18-7-6-13(27-5)9-14(18)19/h6-10H,1-5H3,(H,22,25). The van der Waals surface area contributed by atoms with Gasteiger partial charge in [-0.05, 0) is 49.7 Å². The lowest BCUT2D eigenvalue weighted by molar-refractivity contribution is 0.102. The summed E-state index contributed by atoms with van der Waals surface area (Å²) in [4.78, 5) is 25.3. The highest BCUT2D eigenvalue weighted by molar-refractivity contribution is 6.14. The molecule has 0 aliphatic carbocycles. The summed E-state index contributed by atoms with van der Waals surface area (Å²) in [7, 11) is 5.03. The topological polar surface area (TPSA) is 78.4 Å². The second-order valence-electron chi connectivity index (χ2n) is 6.91. The minimum atomic E-state index is -0.270. The van der Waals surface area contributed by atoms with Crippen LogP contribution in [0.4, 0.5) is 5.69 Å². The molecule has 1 N–H and O–H groups in total. The maximum atomic E-state index is 13.1. The Bertz CT molecular complexity index is 1310. The molecule has 4 rings (SSSR count). The Hall–Kier alpha value is -3.48. The van der Waals surface area contributed by atoms with Gasteiger partial charge in [0.15, 0.2) is 0 Å². The maximum Gasteiger partial charge on any atom is 0.328 e. The Morgan fingerprint density at radius 3 is 2.43 bits per heavy atom. The van der Waals surface area contributed by atoms with Crippen molar-refractivity contribution in [3.8, 4) is 5.75 Å². The van der Waals surface area contributed by atoms with Crippen molar-refractivity contribution in [2.45, 2.75) is 13.8 Å². The Morgan fingerprint density at radius 2 is 1.75 bits per heavy atom. The molecular weight excluding hydrogens is 358 g/mol. The predicted octanol–water partition coefficient (Wildman–Crippen LogP) is 3.50. The molecule has 2 aromatic heterocycles. The summed E-state index contributed by atoms with van der Waals surface area (Å²) in [6.07, 6.45) is 0. The molecule has 144 valence electrons. The van der Waals surface area contributed by atoms with E-state index in [0.29, 0.717) is 33.7 Å². The summed E-state index contributed by atoms with van der Waals surface area (Å²) in [5.41, 5.74) is 4.07. The normalized spacial score (nSPS) is 11.3. The van der Waals surface area contributed by atoms with Crippen LogP contribution < -0.4 is 15.7 Å². The number of carbonyl (C=O) groups is 1. The lowest BCUT2D eigenvalue weighted by atomic mass is 10.1. The van der Waals surface area contributed by atoms with Crippen LogP contribution in [0, 0.1) is 13.8 Å². The zero-order valence-corrected chi connectivity index (χ0v) is 16.4. The fourth-order valence-electron chi connectivity index (χ4n) is 3.58. The Labute approximate surface area is 161 Å². The number of methoxy groups -OCH3 is 1. The molecular formula is C21H21N3O4. The van der Waals surface area contributed by atoms with Crippen LogP contribution in [0.1, 0.15) is 21.7 Å². The summed E-state index contributed by atoms with van der Waals surface area (Å²) in [6.45, 7) is 3.66. The number of amides is 1. The van der Waals surface area contributed by atoms with Gasteiger partial charge in [0.1, 0.15) is 17.1 Å². The number of hydrogen-bond acceptors (Lipinski definition) is 4. The molecule has 28 heavy (non-hydrogen) atoms. The largest absolute Gasteiger partial charge is 0.497 e. The van der Waals surface area contributed by atoms with Gasteiger partial charge >= 0.3 is 5.69 Å². The second-order valence-corrected chi connectivity index (χ2v) is 6.91. The van der Waals surface area contributed by atoms with Crippen LogP contribution in [0.5, 0.6) is 5.75 Å². The number of rotatable bonds is 3. The van der Waals surface area contributed by atoms with Crippen molar-refractivity contribution in [1.29, 1.82) is 0 Å². The summed E-state index contributed by atoms with van der Waals surface area (Å²) in [5.74, 6) is 0.915. The Kier molecular flexibility index (Phi) is 4.03. The van der Waals surface area contributed by atoms with E-state index in [-0.39, 0.29) is 11.6 Å². The predicted molar refractivity (Wildman–Crippen MR) is 108 cm³/mol. The fourth-order valence-corrected chi connectivity index (χ4v) is 3.58. The Morgan fingerprint density at radius 1 is 1.07 bits per heavy atom. The smallest absolute Gasteiger partial charge is 0.328 e. The van der Waals surface area contributed by atoms with Crippen molar-refractivity contribution in [3.63, 3.8) is 0 Å². The van der Waals surface area contributed by atoms with Gasteiger partial charge < -0.3 is 14.5 Å². The highest BCUT2D eigenvalue weighted by Crippen LogP contribution is 2.30. The van der Waals surface area contributed by atoms with E-state index in [1.165, 1.54) is 0 Å². The quantitative estimate of drug-likeness (QED) is 0.591. The number of carbonyl (C=O) groups excluding carboxylic acids is 1. The molecule has 0 aliphatic rings. The molecule has 4 aromatic rings. The highest BCUT2D eigenvalue weighted by Gasteiger charge is 2.20. The second kappa shape index (κ2) is 6.30. The highest BCUT2D eigenvalue weighted by atomic mass is 16.5. The third-order valence-electron chi connectivity index (χ3n) is 5.16. The number of benzene rings is 2. The van der Waals surface area contributed by atoms with Crippen molar-refractivity contribution in [2.24, 2.45) is 14.1 Å². The molecule has 0 saturated carbocycles. The first-order valence-corrected chi connectivity index (χ1v) is 8.86. The summed E-state index contributed by atoms with van der Waals surface area (Å²) >= 11 is 0. The van der Waals surface area contributed by atoms with Gasteiger partial charge in [-0.2, -0.15) is 0 Å². The van der Waals surface area contributed by atoms with Gasteiger partial charge in [0.2, 0.25) is 0 Å². The molecule has 2 heterocycles. The first-order chi connectivity index (χ1) is 13.3. The first-order valence-electron chi connectivity index (χ1n) is 8.86. The van der Waals surface area contributed by atoms with Crippen molar-refractivity contribution in [2.75, 3.05) is 12.4 Å². The first kappa shape index (κ1) is 17.9. The molecule has 0 bridgehead atoms. The van der Waals surface area contributed by atoms with Gasteiger partial charge in [0, 0.05) is 25.2 Å². The number of fused-ring (bicyclic) bond motifs is 2. The van der Waals surface area contributed by atoms with Crippen molar-refractivity contribution in [1.82, 2.24) is 9.13 Å². The number of aryl methyl sites for hydroxylation is 4. The number of imidazole rings is 1. The van der Waals surface area contributed by atoms with Crippen LogP contribution in [0.3, 0.4) is 0 Å². The van der Waals surface area contributed by atoms with E-state index in [1.807, 2.05) is 19.1 Å². The van der Waals surface area contributed by atoms with E-state index < -0.39 is 0 Å². The van der Waals surface area contributed by atoms with Crippen LogP contribution in [0.2, 0.25) is 0 Å². The molecule has 0 saturated heterocycles. The summed E-state index contributed by atoms with van der Waals surface area (Å²) in [5, 5.41) is 3.66. The minimum Gasteiger partial charge on any atom is -0.497 e. The van der Waals surface area contributed by atoms with Gasteiger partial charge in [-0.3, -0.25) is 13.9 Å². The van der Waals surface area contributed by atoms with E-state index in [2.05, 4.69) is 5.32 Å². The number of ether oxygens (including phenoxy) is 1. The van der Waals surface area contributed by atoms with Gasteiger partial charge in [-0.15, -0.1) is 0 Å². The molecule has 0 atom stereocenters. The third-order valence-corrected chi connectivity index (χ3v) is 5.16. The molecule has 0 aliphatic heterocycles. The third kappa shape index (κ3) is 2.58. The lowest BCUT2D eigenvalue weighted by Gasteiger charge is -2.10. The summed E-state index contributed by atoms with van der Waals surface area (Å²) in [6, 6.07) is 9.09. The van der Waals surface area contributed by atoms with E-state index in [9.17, 15) is 9.59 Å². The van der Waals surface area contributed by atoms with Crippen LogP contribution in [-0.4, -0.2) is 22.2 Å². The van der Waals surface area contributed by atoms with Crippen LogP contribution >= 0.6 is 0 Å². The zero-order chi connectivity index (χ0) is 20.2. The van der Waals surface area contributed by atoms with Crippen molar-refractivity contribution in [3.05, 3.63) is 57.7 Å².